The molecule has 0 fully saturated rings. The molecule has 30 heavy (non-hydrogen) atoms. The Bertz CT molecular complexity index is 1060. The van der Waals surface area contributed by atoms with Gasteiger partial charge in [-0.25, -0.2) is 0 Å². The molecule has 0 bridgehead atoms. The van der Waals surface area contributed by atoms with Crippen LogP contribution in [-0.4, -0.2) is 23.6 Å². The molecule has 2 N–H and O–H groups in total. The molecule has 3 aliphatic rings. The summed E-state index contributed by atoms with van der Waals surface area (Å²) in [6, 6.07) is 11.0. The van der Waals surface area contributed by atoms with Gasteiger partial charge in [-0.3, -0.25) is 4.99 Å². The third-order valence-electron chi connectivity index (χ3n) is 6.55. The SMILES string of the molecule is CCOC1=CC(c2c3c(cc4ccccc24)CCCC3)=NC(C2=C(O)CCCC2)N1. The average molecular weight is 403 g/mol. The quantitative estimate of drug-likeness (QED) is 0.690. The summed E-state index contributed by atoms with van der Waals surface area (Å²) in [5.41, 5.74) is 6.13. The van der Waals surface area contributed by atoms with Crippen LogP contribution >= 0.6 is 0 Å². The number of hydrogen-bond acceptors (Lipinski definition) is 4. The predicted molar refractivity (Wildman–Crippen MR) is 122 cm³/mol. The van der Waals surface area contributed by atoms with E-state index >= 15 is 0 Å². The van der Waals surface area contributed by atoms with Gasteiger partial charge in [0.25, 0.3) is 0 Å². The molecule has 1 heterocycles. The largest absolute Gasteiger partial charge is 0.512 e. The maximum absolute atomic E-state index is 10.6. The first-order chi connectivity index (χ1) is 14.7. The van der Waals surface area contributed by atoms with E-state index in [1.807, 2.05) is 6.92 Å². The van der Waals surface area contributed by atoms with Crippen molar-refractivity contribution in [1.29, 1.82) is 0 Å². The molecule has 0 radical (unpaired) electrons. The third kappa shape index (κ3) is 3.49. The molecule has 0 saturated heterocycles. The predicted octanol–water partition coefficient (Wildman–Crippen LogP) is 5.70. The van der Waals surface area contributed by atoms with E-state index in [9.17, 15) is 5.11 Å². The summed E-state index contributed by atoms with van der Waals surface area (Å²) in [6.07, 6.45) is 10.3. The summed E-state index contributed by atoms with van der Waals surface area (Å²) in [4.78, 5) is 5.15. The van der Waals surface area contributed by atoms with Gasteiger partial charge in [0.15, 0.2) is 5.88 Å². The first kappa shape index (κ1) is 19.2. The zero-order valence-electron chi connectivity index (χ0n) is 17.7. The van der Waals surface area contributed by atoms with Crippen molar-refractivity contribution in [3.05, 3.63) is 70.3 Å². The van der Waals surface area contributed by atoms with E-state index in [-0.39, 0.29) is 6.17 Å². The van der Waals surface area contributed by atoms with E-state index in [2.05, 4.69) is 41.7 Å². The Morgan fingerprint density at radius 1 is 1.07 bits per heavy atom. The standard InChI is InChI=1S/C26H30N2O2/c1-2-30-24-16-22(27-26(28-24)21-13-7-8-14-23(21)29)25-19-11-5-3-9-17(19)15-18-10-4-6-12-20(18)25/h3,5,9,11,15-16,26,28-29H,2,4,6-8,10,12-14H2,1H3. The molecule has 0 spiro atoms. The van der Waals surface area contributed by atoms with Crippen LogP contribution in [0.25, 0.3) is 10.8 Å². The average Bonchev–Trinajstić information content (AvgIpc) is 2.77. The van der Waals surface area contributed by atoms with Gasteiger partial charge in [-0.15, -0.1) is 0 Å². The normalized spacial score (nSPS) is 21.6. The van der Waals surface area contributed by atoms with E-state index in [0.29, 0.717) is 12.4 Å². The summed E-state index contributed by atoms with van der Waals surface area (Å²) in [5, 5.41) is 16.5. The number of aryl methyl sites for hydroxylation is 1. The van der Waals surface area contributed by atoms with Crippen molar-refractivity contribution in [3.8, 4) is 0 Å². The lowest BCUT2D eigenvalue weighted by atomic mass is 9.83. The third-order valence-corrected chi connectivity index (χ3v) is 6.55. The second kappa shape index (κ2) is 8.17. The Morgan fingerprint density at radius 2 is 1.87 bits per heavy atom. The number of nitrogens with one attached hydrogen (secondary N) is 1. The molecule has 4 nitrogen and oxygen atoms in total. The van der Waals surface area contributed by atoms with Crippen molar-refractivity contribution in [3.63, 3.8) is 0 Å². The van der Waals surface area contributed by atoms with Gasteiger partial charge in [0.2, 0.25) is 0 Å². The highest BCUT2D eigenvalue weighted by Crippen LogP contribution is 2.34. The van der Waals surface area contributed by atoms with Gasteiger partial charge >= 0.3 is 0 Å². The number of benzene rings is 2. The Hall–Kier alpha value is -2.75. The monoisotopic (exact) mass is 402 g/mol. The zero-order valence-corrected chi connectivity index (χ0v) is 17.7. The molecule has 156 valence electrons. The van der Waals surface area contributed by atoms with E-state index in [1.54, 1.807) is 0 Å². The Kier molecular flexibility index (Phi) is 5.24. The molecule has 0 saturated carbocycles. The van der Waals surface area contributed by atoms with Crippen LogP contribution in [0, 0.1) is 0 Å². The summed E-state index contributed by atoms with van der Waals surface area (Å²) in [7, 11) is 0. The first-order valence-electron chi connectivity index (χ1n) is 11.4. The van der Waals surface area contributed by atoms with Crippen molar-refractivity contribution in [2.75, 3.05) is 6.61 Å². The van der Waals surface area contributed by atoms with E-state index in [1.165, 1.54) is 40.3 Å². The fourth-order valence-electron chi connectivity index (χ4n) is 5.12. The molecule has 2 aromatic carbocycles. The first-order valence-corrected chi connectivity index (χ1v) is 11.4. The van der Waals surface area contributed by atoms with Crippen molar-refractivity contribution >= 4 is 16.5 Å². The topological polar surface area (TPSA) is 53.9 Å². The highest BCUT2D eigenvalue weighted by Gasteiger charge is 2.27. The van der Waals surface area contributed by atoms with Crippen LogP contribution in [0.5, 0.6) is 0 Å². The number of ether oxygens (including phenoxy) is 1. The van der Waals surface area contributed by atoms with Crippen LogP contribution in [0.2, 0.25) is 0 Å². The van der Waals surface area contributed by atoms with Gasteiger partial charge in [0.1, 0.15) is 6.17 Å². The molecule has 2 aromatic rings. The summed E-state index contributed by atoms with van der Waals surface area (Å²) >= 11 is 0. The summed E-state index contributed by atoms with van der Waals surface area (Å²) in [6.45, 7) is 2.59. The molecule has 5 rings (SSSR count). The summed E-state index contributed by atoms with van der Waals surface area (Å²) in [5.74, 6) is 1.25. The van der Waals surface area contributed by atoms with Crippen molar-refractivity contribution in [2.24, 2.45) is 4.99 Å². The maximum Gasteiger partial charge on any atom is 0.190 e. The number of allylic oxidation sites excluding steroid dienone is 2. The number of rotatable bonds is 4. The van der Waals surface area contributed by atoms with Gasteiger partial charge in [0.05, 0.1) is 18.1 Å². The van der Waals surface area contributed by atoms with E-state index in [0.717, 1.165) is 55.7 Å². The minimum atomic E-state index is -0.259. The number of aliphatic hydroxyl groups excluding tert-OH is 1. The minimum absolute atomic E-state index is 0.259. The molecule has 1 atom stereocenters. The fourth-order valence-corrected chi connectivity index (χ4v) is 5.12. The van der Waals surface area contributed by atoms with Gasteiger partial charge in [-0.05, 0) is 73.8 Å². The van der Waals surface area contributed by atoms with Crippen LogP contribution in [0.3, 0.4) is 0 Å². The lowest BCUT2D eigenvalue weighted by Crippen LogP contribution is -2.36. The number of fused-ring (bicyclic) bond motifs is 2. The van der Waals surface area contributed by atoms with Gasteiger partial charge < -0.3 is 15.2 Å². The number of hydrogen-bond donors (Lipinski definition) is 2. The number of aliphatic hydroxyl groups is 1. The second-order valence-corrected chi connectivity index (χ2v) is 8.50. The minimum Gasteiger partial charge on any atom is -0.512 e. The number of nitrogens with zero attached hydrogens (tertiary/aromatic N) is 1. The van der Waals surface area contributed by atoms with Gasteiger partial charge in [-0.1, -0.05) is 30.3 Å². The molecule has 0 aromatic heterocycles. The van der Waals surface area contributed by atoms with Crippen LogP contribution < -0.4 is 5.32 Å². The molecule has 1 aliphatic heterocycles. The molecule has 2 aliphatic carbocycles. The zero-order chi connectivity index (χ0) is 20.5. The highest BCUT2D eigenvalue weighted by molar-refractivity contribution is 6.18. The highest BCUT2D eigenvalue weighted by atomic mass is 16.5. The van der Waals surface area contributed by atoms with Crippen molar-refractivity contribution in [2.45, 2.75) is 64.5 Å². The van der Waals surface area contributed by atoms with Crippen LogP contribution in [0.1, 0.15) is 62.1 Å². The van der Waals surface area contributed by atoms with Crippen molar-refractivity contribution in [1.82, 2.24) is 5.32 Å². The number of aliphatic imine (C=N–C) groups is 1. The van der Waals surface area contributed by atoms with Crippen LogP contribution in [-0.2, 0) is 17.6 Å². The molecule has 1 unspecified atom stereocenters. The molecular formula is C26H30N2O2. The lowest BCUT2D eigenvalue weighted by Gasteiger charge is -2.29. The van der Waals surface area contributed by atoms with Gasteiger partial charge in [-0.2, -0.15) is 0 Å². The smallest absolute Gasteiger partial charge is 0.190 e. The molecule has 4 heteroatoms. The van der Waals surface area contributed by atoms with Crippen LogP contribution in [0.15, 0.2) is 58.6 Å². The Balaban J connectivity index is 1.70. The van der Waals surface area contributed by atoms with E-state index in [4.69, 9.17) is 9.73 Å². The lowest BCUT2D eigenvalue weighted by molar-refractivity contribution is 0.198. The van der Waals surface area contributed by atoms with Gasteiger partial charge in [0, 0.05) is 23.6 Å². The fraction of sp³-hybridized carbons (Fsp3) is 0.423. The Morgan fingerprint density at radius 3 is 2.73 bits per heavy atom. The molecule has 0 amide bonds. The Labute approximate surface area is 178 Å². The summed E-state index contributed by atoms with van der Waals surface area (Å²) < 4.78 is 5.91. The van der Waals surface area contributed by atoms with Crippen LogP contribution in [0.4, 0.5) is 0 Å². The second-order valence-electron chi connectivity index (χ2n) is 8.50. The van der Waals surface area contributed by atoms with E-state index < -0.39 is 0 Å². The maximum atomic E-state index is 10.6. The molecular weight excluding hydrogens is 372 g/mol. The van der Waals surface area contributed by atoms with Crippen molar-refractivity contribution < 1.29 is 9.84 Å².